The van der Waals surface area contributed by atoms with Gasteiger partial charge >= 0.3 is 5.97 Å². The summed E-state index contributed by atoms with van der Waals surface area (Å²) in [6.07, 6.45) is 3.86. The molecule has 0 aliphatic carbocycles. The number of methoxy groups -OCH3 is 1. The minimum atomic E-state index is -0.548. The van der Waals surface area contributed by atoms with Gasteiger partial charge in [0.1, 0.15) is 5.54 Å². The first-order valence-electron chi connectivity index (χ1n) is 5.36. The Hall–Kier alpha value is -0.220. The third-order valence-electron chi connectivity index (χ3n) is 2.50. The summed E-state index contributed by atoms with van der Waals surface area (Å²) >= 11 is 1.77. The first kappa shape index (κ1) is 14.8. The highest BCUT2D eigenvalue weighted by Gasteiger charge is 2.34. The van der Waals surface area contributed by atoms with Crippen LogP contribution in [-0.2, 0) is 9.53 Å². The lowest BCUT2D eigenvalue weighted by atomic mass is 9.96. The Bertz CT molecular complexity index is 199. The van der Waals surface area contributed by atoms with Crippen molar-refractivity contribution < 1.29 is 9.53 Å². The van der Waals surface area contributed by atoms with Crippen LogP contribution in [-0.4, -0.2) is 36.7 Å². The fourth-order valence-corrected chi connectivity index (χ4v) is 2.01. The summed E-state index contributed by atoms with van der Waals surface area (Å²) < 4.78 is 4.85. The fourth-order valence-electron chi connectivity index (χ4n) is 1.51. The molecule has 0 aliphatic rings. The molecule has 3 nitrogen and oxygen atoms in total. The van der Waals surface area contributed by atoms with Crippen LogP contribution in [0.25, 0.3) is 0 Å². The van der Waals surface area contributed by atoms with E-state index >= 15 is 0 Å². The van der Waals surface area contributed by atoms with Crippen molar-refractivity contribution in [1.29, 1.82) is 0 Å². The number of rotatable bonds is 7. The van der Waals surface area contributed by atoms with Gasteiger partial charge in [-0.15, -0.1) is 0 Å². The Morgan fingerprint density at radius 1 is 1.60 bits per heavy atom. The van der Waals surface area contributed by atoms with Gasteiger partial charge in [-0.3, -0.25) is 4.79 Å². The second-order valence-corrected chi connectivity index (χ2v) is 5.28. The molecule has 0 amide bonds. The molecule has 0 aromatic rings. The summed E-state index contributed by atoms with van der Waals surface area (Å²) in [5.74, 6) is -0.170. The quantitative estimate of drug-likeness (QED) is 0.683. The zero-order valence-electron chi connectivity index (χ0n) is 10.4. The van der Waals surface area contributed by atoms with Gasteiger partial charge in [0.05, 0.1) is 7.11 Å². The molecule has 15 heavy (non-hydrogen) atoms. The molecule has 2 unspecified atom stereocenters. The van der Waals surface area contributed by atoms with Gasteiger partial charge in [-0.1, -0.05) is 13.8 Å². The van der Waals surface area contributed by atoms with Crippen molar-refractivity contribution in [2.75, 3.05) is 19.9 Å². The summed E-state index contributed by atoms with van der Waals surface area (Å²) in [5.41, 5.74) is -0.548. The van der Waals surface area contributed by atoms with Gasteiger partial charge < -0.3 is 10.1 Å². The highest BCUT2D eigenvalue weighted by Crippen LogP contribution is 2.21. The minimum Gasteiger partial charge on any atom is -0.468 e. The summed E-state index contributed by atoms with van der Waals surface area (Å²) in [4.78, 5) is 11.7. The molecule has 0 rings (SSSR count). The van der Waals surface area contributed by atoms with E-state index in [1.807, 2.05) is 6.92 Å². The topological polar surface area (TPSA) is 38.3 Å². The summed E-state index contributed by atoms with van der Waals surface area (Å²) in [6.45, 7) is 6.97. The Morgan fingerprint density at radius 2 is 2.20 bits per heavy atom. The maximum Gasteiger partial charge on any atom is 0.325 e. The molecule has 0 aliphatic heterocycles. The van der Waals surface area contributed by atoms with Crippen LogP contribution >= 0.6 is 11.8 Å². The number of nitrogens with one attached hydrogen (secondary N) is 1. The lowest BCUT2D eigenvalue weighted by Gasteiger charge is -2.30. The molecule has 2 atom stereocenters. The van der Waals surface area contributed by atoms with E-state index in [1.165, 1.54) is 7.11 Å². The number of esters is 1. The summed E-state index contributed by atoms with van der Waals surface area (Å²) in [5, 5.41) is 3.72. The molecule has 0 saturated heterocycles. The second kappa shape index (κ2) is 7.12. The third-order valence-corrected chi connectivity index (χ3v) is 3.47. The molecule has 0 bridgehead atoms. The lowest BCUT2D eigenvalue weighted by molar-refractivity contribution is -0.148. The molecule has 1 N–H and O–H groups in total. The number of hydrogen-bond donors (Lipinski definition) is 1. The normalized spacial score (nSPS) is 16.9. The molecule has 0 aromatic heterocycles. The standard InChI is InChI=1S/C11H23NO2S/c1-6-7-12-11(3,10(13)14-4)8-9(2)15-5/h9,12H,6-8H2,1-5H3. The molecule has 0 heterocycles. The van der Waals surface area contributed by atoms with E-state index in [9.17, 15) is 4.79 Å². The largest absolute Gasteiger partial charge is 0.468 e. The van der Waals surface area contributed by atoms with Crippen molar-refractivity contribution in [2.24, 2.45) is 0 Å². The van der Waals surface area contributed by atoms with E-state index < -0.39 is 5.54 Å². The van der Waals surface area contributed by atoms with Crippen LogP contribution in [0.2, 0.25) is 0 Å². The number of carbonyl (C=O) groups excluding carboxylic acids is 1. The van der Waals surface area contributed by atoms with Gasteiger partial charge in [0.15, 0.2) is 0 Å². The van der Waals surface area contributed by atoms with Gasteiger partial charge in [-0.05, 0) is 32.6 Å². The van der Waals surface area contributed by atoms with E-state index in [2.05, 4.69) is 25.4 Å². The van der Waals surface area contributed by atoms with E-state index in [0.717, 1.165) is 19.4 Å². The molecule has 0 fully saturated rings. The van der Waals surface area contributed by atoms with E-state index in [4.69, 9.17) is 4.74 Å². The van der Waals surface area contributed by atoms with Gasteiger partial charge in [0.25, 0.3) is 0 Å². The first-order valence-corrected chi connectivity index (χ1v) is 6.65. The predicted octanol–water partition coefficient (Wildman–Crippen LogP) is 2.06. The molecular formula is C11H23NO2S. The van der Waals surface area contributed by atoms with Gasteiger partial charge in [-0.25, -0.2) is 0 Å². The molecule has 90 valence electrons. The van der Waals surface area contributed by atoms with E-state index in [-0.39, 0.29) is 5.97 Å². The monoisotopic (exact) mass is 233 g/mol. The Kier molecular flexibility index (Phi) is 7.02. The summed E-state index contributed by atoms with van der Waals surface area (Å²) in [6, 6.07) is 0. The van der Waals surface area contributed by atoms with Crippen molar-refractivity contribution in [2.45, 2.75) is 44.4 Å². The summed E-state index contributed by atoms with van der Waals surface area (Å²) in [7, 11) is 1.44. The number of carbonyl (C=O) groups is 1. The van der Waals surface area contributed by atoms with Gasteiger partial charge in [0.2, 0.25) is 0 Å². The molecule has 0 spiro atoms. The lowest BCUT2D eigenvalue weighted by Crippen LogP contribution is -2.51. The number of ether oxygens (including phenoxy) is 1. The Morgan fingerprint density at radius 3 is 2.60 bits per heavy atom. The SMILES string of the molecule is CCCNC(C)(CC(C)SC)C(=O)OC. The van der Waals surface area contributed by atoms with Crippen LogP contribution in [0.4, 0.5) is 0 Å². The maximum absolute atomic E-state index is 11.7. The van der Waals surface area contributed by atoms with Crippen molar-refractivity contribution >= 4 is 17.7 Å². The van der Waals surface area contributed by atoms with Crippen molar-refractivity contribution in [1.82, 2.24) is 5.32 Å². The zero-order chi connectivity index (χ0) is 11.9. The molecule has 4 heteroatoms. The molecule has 0 saturated carbocycles. The van der Waals surface area contributed by atoms with Gasteiger partial charge in [0, 0.05) is 5.25 Å². The van der Waals surface area contributed by atoms with Crippen molar-refractivity contribution in [3.63, 3.8) is 0 Å². The van der Waals surface area contributed by atoms with Gasteiger partial charge in [-0.2, -0.15) is 11.8 Å². The molecule has 0 aromatic carbocycles. The fraction of sp³-hybridized carbons (Fsp3) is 0.909. The highest BCUT2D eigenvalue weighted by atomic mass is 32.2. The second-order valence-electron chi connectivity index (χ2n) is 4.00. The number of thioether (sulfide) groups is 1. The van der Waals surface area contributed by atoms with Crippen LogP contribution in [0, 0.1) is 0 Å². The van der Waals surface area contributed by atoms with Crippen LogP contribution < -0.4 is 5.32 Å². The molecular weight excluding hydrogens is 210 g/mol. The first-order chi connectivity index (χ1) is 7.00. The van der Waals surface area contributed by atoms with Crippen LogP contribution in [0.5, 0.6) is 0 Å². The Balaban J connectivity index is 4.46. The minimum absolute atomic E-state index is 0.170. The van der Waals surface area contributed by atoms with Crippen molar-refractivity contribution in [3.05, 3.63) is 0 Å². The van der Waals surface area contributed by atoms with E-state index in [1.54, 1.807) is 11.8 Å². The smallest absolute Gasteiger partial charge is 0.325 e. The highest BCUT2D eigenvalue weighted by molar-refractivity contribution is 7.99. The van der Waals surface area contributed by atoms with Crippen LogP contribution in [0.3, 0.4) is 0 Å². The average Bonchev–Trinajstić information content (AvgIpc) is 2.24. The zero-order valence-corrected chi connectivity index (χ0v) is 11.2. The average molecular weight is 233 g/mol. The predicted molar refractivity (Wildman–Crippen MR) is 66.3 cm³/mol. The molecule has 0 radical (unpaired) electrons. The number of hydrogen-bond acceptors (Lipinski definition) is 4. The van der Waals surface area contributed by atoms with Crippen LogP contribution in [0.15, 0.2) is 0 Å². The third kappa shape index (κ3) is 4.89. The Labute approximate surface area is 97.3 Å². The van der Waals surface area contributed by atoms with Crippen molar-refractivity contribution in [3.8, 4) is 0 Å². The van der Waals surface area contributed by atoms with E-state index in [0.29, 0.717) is 5.25 Å². The maximum atomic E-state index is 11.7. The van der Waals surface area contributed by atoms with Crippen LogP contribution in [0.1, 0.15) is 33.6 Å².